The lowest BCUT2D eigenvalue weighted by Gasteiger charge is -2.12. The van der Waals surface area contributed by atoms with Gasteiger partial charge < -0.3 is 14.5 Å². The number of nitrogens with one attached hydrogen (secondary N) is 1. The number of aryl methyl sites for hydroxylation is 2. The van der Waals surface area contributed by atoms with Crippen molar-refractivity contribution in [3.63, 3.8) is 0 Å². The average molecular weight is 405 g/mol. The van der Waals surface area contributed by atoms with Crippen molar-refractivity contribution in [2.45, 2.75) is 38.5 Å². The number of hydrogen-bond donors (Lipinski definition) is 1. The number of nitrogens with zero attached hydrogens (tertiary/aromatic N) is 1. The van der Waals surface area contributed by atoms with Crippen LogP contribution >= 0.6 is 22.9 Å². The molecule has 1 aliphatic carbocycles. The Bertz CT molecular complexity index is 1060. The summed E-state index contributed by atoms with van der Waals surface area (Å²) in [6.07, 6.45) is 6.00. The van der Waals surface area contributed by atoms with Crippen molar-refractivity contribution in [2.24, 2.45) is 0 Å². The number of thiophene rings is 1. The SMILES string of the molecule is COc1ccc(Cc2nc3sc4c(c3c(=O)[nH]2)CCCCC4)c(Cl)c1OC. The maximum atomic E-state index is 12.8. The second kappa shape index (κ2) is 7.52. The molecule has 7 heteroatoms. The smallest absolute Gasteiger partial charge is 0.259 e. The number of benzene rings is 1. The predicted molar refractivity (Wildman–Crippen MR) is 109 cm³/mol. The van der Waals surface area contributed by atoms with Crippen LogP contribution in [0.25, 0.3) is 10.2 Å². The van der Waals surface area contributed by atoms with Crippen LogP contribution in [0, 0.1) is 0 Å². The summed E-state index contributed by atoms with van der Waals surface area (Å²) >= 11 is 8.14. The van der Waals surface area contributed by atoms with Crippen molar-refractivity contribution < 1.29 is 9.47 Å². The Hall–Kier alpha value is -2.05. The van der Waals surface area contributed by atoms with Crippen LogP contribution in [0.2, 0.25) is 5.02 Å². The van der Waals surface area contributed by atoms with Gasteiger partial charge in [0, 0.05) is 11.3 Å². The molecule has 1 aromatic carbocycles. The fourth-order valence-electron chi connectivity index (χ4n) is 3.72. The Balaban J connectivity index is 1.75. The van der Waals surface area contributed by atoms with E-state index in [1.807, 2.05) is 12.1 Å². The standard InChI is InChI=1S/C20H21ClN2O3S/c1-25-13-9-8-11(17(21)18(13)26-2)10-15-22-19(24)16-12-6-4-3-5-7-14(12)27-20(16)23-15/h8-9H,3-7,10H2,1-2H3,(H,22,23,24). The number of rotatable bonds is 4. The molecule has 0 spiro atoms. The minimum Gasteiger partial charge on any atom is -0.493 e. The summed E-state index contributed by atoms with van der Waals surface area (Å²) in [5, 5.41) is 1.25. The molecule has 0 aliphatic heterocycles. The van der Waals surface area contributed by atoms with Crippen molar-refractivity contribution in [1.29, 1.82) is 0 Å². The molecule has 5 nitrogen and oxygen atoms in total. The van der Waals surface area contributed by atoms with Gasteiger partial charge in [-0.3, -0.25) is 4.79 Å². The fourth-order valence-corrected chi connectivity index (χ4v) is 5.30. The number of H-pyrrole nitrogens is 1. The summed E-state index contributed by atoms with van der Waals surface area (Å²) in [5.74, 6) is 1.67. The Morgan fingerprint density at radius 3 is 2.78 bits per heavy atom. The average Bonchev–Trinajstić information content (AvgIpc) is 2.85. The van der Waals surface area contributed by atoms with Gasteiger partial charge in [-0.25, -0.2) is 4.98 Å². The molecule has 27 heavy (non-hydrogen) atoms. The molecule has 0 radical (unpaired) electrons. The van der Waals surface area contributed by atoms with Gasteiger partial charge >= 0.3 is 0 Å². The highest BCUT2D eigenvalue weighted by molar-refractivity contribution is 7.18. The number of hydrogen-bond acceptors (Lipinski definition) is 5. The molecule has 0 saturated heterocycles. The van der Waals surface area contributed by atoms with Crippen molar-refractivity contribution in [1.82, 2.24) is 9.97 Å². The molecule has 1 N–H and O–H groups in total. The molecule has 4 rings (SSSR count). The largest absolute Gasteiger partial charge is 0.493 e. The number of ether oxygens (including phenoxy) is 2. The molecule has 0 amide bonds. The summed E-state index contributed by atoms with van der Waals surface area (Å²) in [4.78, 5) is 22.6. The molecular weight excluding hydrogens is 384 g/mol. The van der Waals surface area contributed by atoms with E-state index in [-0.39, 0.29) is 5.56 Å². The molecular formula is C20H21ClN2O3S. The molecule has 0 unspecified atom stereocenters. The van der Waals surface area contributed by atoms with Crippen molar-refractivity contribution >= 4 is 33.2 Å². The maximum absolute atomic E-state index is 12.8. The van der Waals surface area contributed by atoms with Crippen LogP contribution in [-0.4, -0.2) is 24.2 Å². The van der Waals surface area contributed by atoms with Gasteiger partial charge in [-0.1, -0.05) is 24.1 Å². The van der Waals surface area contributed by atoms with E-state index in [1.165, 1.54) is 23.3 Å². The first-order chi connectivity index (χ1) is 13.1. The first-order valence-electron chi connectivity index (χ1n) is 9.05. The Morgan fingerprint density at radius 2 is 2.00 bits per heavy atom. The van der Waals surface area contributed by atoms with Crippen LogP contribution in [0.4, 0.5) is 0 Å². The van der Waals surface area contributed by atoms with Gasteiger partial charge in [-0.05, 0) is 42.9 Å². The third-order valence-electron chi connectivity index (χ3n) is 5.05. The lowest BCUT2D eigenvalue weighted by molar-refractivity contribution is 0.355. The normalized spacial score (nSPS) is 14.0. The highest BCUT2D eigenvalue weighted by Crippen LogP contribution is 2.38. The minimum absolute atomic E-state index is 0.0500. The number of aromatic amines is 1. The highest BCUT2D eigenvalue weighted by Gasteiger charge is 2.20. The van der Waals surface area contributed by atoms with Gasteiger partial charge in [0.2, 0.25) is 0 Å². The predicted octanol–water partition coefficient (Wildman–Crippen LogP) is 4.51. The van der Waals surface area contributed by atoms with Gasteiger partial charge in [0.05, 0.1) is 24.6 Å². The topological polar surface area (TPSA) is 64.2 Å². The van der Waals surface area contributed by atoms with Gasteiger partial charge in [-0.2, -0.15) is 0 Å². The van der Waals surface area contributed by atoms with E-state index < -0.39 is 0 Å². The maximum Gasteiger partial charge on any atom is 0.259 e. The van der Waals surface area contributed by atoms with E-state index in [1.54, 1.807) is 25.6 Å². The van der Waals surface area contributed by atoms with E-state index in [0.717, 1.165) is 35.0 Å². The molecule has 2 aromatic heterocycles. The van der Waals surface area contributed by atoms with E-state index >= 15 is 0 Å². The zero-order valence-corrected chi connectivity index (χ0v) is 16.9. The van der Waals surface area contributed by atoms with Crippen LogP contribution in [-0.2, 0) is 19.3 Å². The third-order valence-corrected chi connectivity index (χ3v) is 6.65. The van der Waals surface area contributed by atoms with E-state index in [2.05, 4.69) is 4.98 Å². The van der Waals surface area contributed by atoms with Crippen LogP contribution < -0.4 is 15.0 Å². The van der Waals surface area contributed by atoms with Gasteiger partial charge in [0.1, 0.15) is 10.7 Å². The number of methoxy groups -OCH3 is 2. The molecule has 2 heterocycles. The van der Waals surface area contributed by atoms with E-state index in [4.69, 9.17) is 26.1 Å². The summed E-state index contributed by atoms with van der Waals surface area (Å²) in [7, 11) is 3.13. The highest BCUT2D eigenvalue weighted by atomic mass is 35.5. The monoisotopic (exact) mass is 404 g/mol. The Labute approximate surface area is 166 Å². The Morgan fingerprint density at radius 1 is 1.19 bits per heavy atom. The number of halogens is 1. The zero-order valence-electron chi connectivity index (χ0n) is 15.4. The first kappa shape index (κ1) is 18.3. The fraction of sp³-hybridized carbons (Fsp3) is 0.400. The molecule has 0 atom stereocenters. The molecule has 0 fully saturated rings. The molecule has 142 valence electrons. The molecule has 3 aromatic rings. The number of aromatic nitrogens is 2. The summed E-state index contributed by atoms with van der Waals surface area (Å²) in [5.41, 5.74) is 1.98. The van der Waals surface area contributed by atoms with Crippen molar-refractivity contribution in [2.75, 3.05) is 14.2 Å². The summed E-state index contributed by atoms with van der Waals surface area (Å²) < 4.78 is 10.6. The Kier molecular flexibility index (Phi) is 5.10. The van der Waals surface area contributed by atoms with Gasteiger partial charge in [0.15, 0.2) is 11.5 Å². The summed E-state index contributed by atoms with van der Waals surface area (Å²) in [6, 6.07) is 3.68. The molecule has 0 bridgehead atoms. The van der Waals surface area contributed by atoms with Gasteiger partial charge in [-0.15, -0.1) is 11.3 Å². The lowest BCUT2D eigenvalue weighted by atomic mass is 10.1. The third kappa shape index (κ3) is 3.32. The summed E-state index contributed by atoms with van der Waals surface area (Å²) in [6.45, 7) is 0. The quantitative estimate of drug-likeness (QED) is 0.649. The van der Waals surface area contributed by atoms with Crippen LogP contribution in [0.3, 0.4) is 0 Å². The molecule has 0 saturated carbocycles. The minimum atomic E-state index is -0.0500. The number of fused-ring (bicyclic) bond motifs is 3. The van der Waals surface area contributed by atoms with Crippen LogP contribution in [0.15, 0.2) is 16.9 Å². The van der Waals surface area contributed by atoms with Gasteiger partial charge in [0.25, 0.3) is 5.56 Å². The zero-order chi connectivity index (χ0) is 19.0. The second-order valence-electron chi connectivity index (χ2n) is 6.71. The van der Waals surface area contributed by atoms with Crippen LogP contribution in [0.1, 0.15) is 41.1 Å². The first-order valence-corrected chi connectivity index (χ1v) is 10.2. The molecule has 1 aliphatic rings. The van der Waals surface area contributed by atoms with E-state index in [0.29, 0.717) is 28.8 Å². The van der Waals surface area contributed by atoms with Crippen molar-refractivity contribution in [3.8, 4) is 11.5 Å². The van der Waals surface area contributed by atoms with Crippen LogP contribution in [0.5, 0.6) is 11.5 Å². The lowest BCUT2D eigenvalue weighted by Crippen LogP contribution is -2.12. The van der Waals surface area contributed by atoms with E-state index in [9.17, 15) is 4.79 Å². The second-order valence-corrected chi connectivity index (χ2v) is 8.17. The van der Waals surface area contributed by atoms with Crippen molar-refractivity contribution in [3.05, 3.63) is 49.3 Å².